The average Bonchev–Trinajstić information content (AvgIpc) is 2.95. The van der Waals surface area contributed by atoms with E-state index in [4.69, 9.17) is 21.6 Å². The van der Waals surface area contributed by atoms with Crippen molar-refractivity contribution in [1.29, 1.82) is 5.26 Å². The molecule has 0 atom stereocenters. The number of aromatic amines is 1. The molecular formula is C15H6ClF4N3O3S. The minimum absolute atomic E-state index is 0.0594. The number of rotatable bonds is 3. The lowest BCUT2D eigenvalue weighted by Gasteiger charge is -2.12. The van der Waals surface area contributed by atoms with E-state index in [2.05, 4.69) is 10.2 Å². The highest BCUT2D eigenvalue weighted by Crippen LogP contribution is 2.40. The lowest BCUT2D eigenvalue weighted by molar-refractivity contribution is -0.0435. The summed E-state index contributed by atoms with van der Waals surface area (Å²) in [5, 5.41) is 13.9. The first-order chi connectivity index (χ1) is 12.5. The monoisotopic (exact) mass is 419 g/mol. The van der Waals surface area contributed by atoms with Crippen molar-refractivity contribution in [2.24, 2.45) is 0 Å². The molecule has 0 bridgehead atoms. The number of fused-ring (bicyclic) bond motifs is 1. The maximum Gasteiger partial charge on any atom is 0.501 e. The molecule has 0 spiro atoms. The summed E-state index contributed by atoms with van der Waals surface area (Å²) in [6.07, 6.45) is 0. The predicted molar refractivity (Wildman–Crippen MR) is 85.5 cm³/mol. The minimum atomic E-state index is -5.69. The Labute approximate surface area is 153 Å². The van der Waals surface area contributed by atoms with E-state index in [1.807, 2.05) is 0 Å². The first-order valence-electron chi connectivity index (χ1n) is 6.91. The van der Waals surface area contributed by atoms with E-state index in [1.165, 1.54) is 6.07 Å². The summed E-state index contributed by atoms with van der Waals surface area (Å²) in [4.78, 5) is -1.09. The van der Waals surface area contributed by atoms with Crippen molar-refractivity contribution in [1.82, 2.24) is 10.2 Å². The van der Waals surface area contributed by atoms with Gasteiger partial charge in [0.1, 0.15) is 22.2 Å². The predicted octanol–water partition coefficient (Wildman–Crippen LogP) is 4.31. The van der Waals surface area contributed by atoms with Crippen LogP contribution < -0.4 is 4.74 Å². The Bertz CT molecular complexity index is 1200. The smallest absolute Gasteiger partial charge is 0.456 e. The Hall–Kier alpha value is -2.84. The van der Waals surface area contributed by atoms with E-state index in [9.17, 15) is 26.0 Å². The van der Waals surface area contributed by atoms with Crippen LogP contribution in [0.25, 0.3) is 10.9 Å². The number of aromatic nitrogens is 2. The van der Waals surface area contributed by atoms with Gasteiger partial charge in [0.25, 0.3) is 9.84 Å². The fraction of sp³-hybridized carbons (Fsp3) is 0.0667. The fourth-order valence-electron chi connectivity index (χ4n) is 2.29. The van der Waals surface area contributed by atoms with E-state index < -0.39 is 31.6 Å². The Balaban J connectivity index is 2.18. The molecule has 27 heavy (non-hydrogen) atoms. The number of hydrogen-bond donors (Lipinski definition) is 1. The molecule has 3 rings (SSSR count). The molecule has 140 valence electrons. The number of ether oxygens (including phenoxy) is 1. The van der Waals surface area contributed by atoms with Crippen molar-refractivity contribution in [3.8, 4) is 17.6 Å². The molecule has 0 fully saturated rings. The minimum Gasteiger partial charge on any atom is -0.456 e. The van der Waals surface area contributed by atoms with Crippen molar-refractivity contribution in [2.75, 3.05) is 0 Å². The van der Waals surface area contributed by atoms with Crippen LogP contribution in [-0.4, -0.2) is 24.1 Å². The summed E-state index contributed by atoms with van der Waals surface area (Å²) in [6, 6.07) is 6.38. The largest absolute Gasteiger partial charge is 0.501 e. The molecule has 1 N–H and O–H groups in total. The molecule has 2 aromatic carbocycles. The Morgan fingerprint density at radius 1 is 1.22 bits per heavy atom. The number of hydrogen-bond acceptors (Lipinski definition) is 5. The topological polar surface area (TPSA) is 95.8 Å². The van der Waals surface area contributed by atoms with Crippen molar-refractivity contribution in [3.05, 3.63) is 46.9 Å². The zero-order valence-corrected chi connectivity index (χ0v) is 14.4. The van der Waals surface area contributed by atoms with Gasteiger partial charge >= 0.3 is 5.51 Å². The number of nitrogens with zero attached hydrogens (tertiary/aromatic N) is 2. The second-order valence-corrected chi connectivity index (χ2v) is 7.43. The van der Waals surface area contributed by atoms with Gasteiger partial charge in [-0.05, 0) is 24.3 Å². The standard InChI is InChI=1S/C15H6ClF4N3O3S/c16-14-12-10(26-9-4-7(6-21)3-8(17)5-9)1-2-11(13(12)22-23-14)27(24,25)15(18,19)20/h1-5H,(H,22,23). The maximum absolute atomic E-state index is 13.5. The maximum atomic E-state index is 13.5. The molecule has 12 heteroatoms. The Kier molecular flexibility index (Phi) is 4.49. The van der Waals surface area contributed by atoms with Crippen LogP contribution in [0.4, 0.5) is 17.6 Å². The molecule has 3 aromatic rings. The molecule has 1 heterocycles. The Morgan fingerprint density at radius 3 is 2.56 bits per heavy atom. The van der Waals surface area contributed by atoms with Crippen LogP contribution in [-0.2, 0) is 9.84 Å². The Morgan fingerprint density at radius 2 is 1.93 bits per heavy atom. The third-order valence-electron chi connectivity index (χ3n) is 3.42. The molecule has 0 aliphatic heterocycles. The third-order valence-corrected chi connectivity index (χ3v) is 5.23. The van der Waals surface area contributed by atoms with Gasteiger partial charge in [-0.1, -0.05) is 11.6 Å². The SMILES string of the molecule is N#Cc1cc(F)cc(Oc2ccc(S(=O)(=O)C(F)(F)F)c3[nH]nc(Cl)c23)c1. The number of nitrogens with one attached hydrogen (secondary N) is 1. The molecule has 0 radical (unpaired) electrons. The van der Waals surface area contributed by atoms with Gasteiger partial charge in [-0.3, -0.25) is 5.10 Å². The summed E-state index contributed by atoms with van der Waals surface area (Å²) in [7, 11) is -5.69. The summed E-state index contributed by atoms with van der Waals surface area (Å²) in [6.45, 7) is 0. The van der Waals surface area contributed by atoms with Crippen LogP contribution in [0, 0.1) is 17.1 Å². The zero-order valence-electron chi connectivity index (χ0n) is 12.8. The molecule has 0 aliphatic carbocycles. The van der Waals surface area contributed by atoms with Gasteiger partial charge in [-0.2, -0.15) is 23.5 Å². The normalized spacial score (nSPS) is 12.1. The summed E-state index contributed by atoms with van der Waals surface area (Å²) >= 11 is 5.85. The van der Waals surface area contributed by atoms with E-state index in [1.54, 1.807) is 6.07 Å². The molecule has 1 aromatic heterocycles. The second-order valence-electron chi connectivity index (χ2n) is 5.16. The molecule has 0 aliphatic rings. The number of benzene rings is 2. The van der Waals surface area contributed by atoms with E-state index in [-0.39, 0.29) is 27.6 Å². The molecule has 0 saturated carbocycles. The fourth-order valence-corrected chi connectivity index (χ4v) is 3.43. The third kappa shape index (κ3) is 3.29. The van der Waals surface area contributed by atoms with Crippen LogP contribution in [0.2, 0.25) is 5.15 Å². The lowest BCUT2D eigenvalue weighted by atomic mass is 10.2. The van der Waals surface area contributed by atoms with Gasteiger partial charge in [0, 0.05) is 6.07 Å². The van der Waals surface area contributed by atoms with E-state index in [0.29, 0.717) is 6.07 Å². The van der Waals surface area contributed by atoms with Crippen LogP contribution in [0.5, 0.6) is 11.5 Å². The molecular weight excluding hydrogens is 414 g/mol. The van der Waals surface area contributed by atoms with Gasteiger partial charge in [0.05, 0.1) is 22.5 Å². The number of sulfone groups is 1. The van der Waals surface area contributed by atoms with Crippen LogP contribution in [0.15, 0.2) is 35.2 Å². The first kappa shape index (κ1) is 18.9. The number of halogens is 5. The van der Waals surface area contributed by atoms with Crippen molar-refractivity contribution in [2.45, 2.75) is 10.4 Å². The number of nitriles is 1. The van der Waals surface area contributed by atoms with Gasteiger partial charge in [-0.25, -0.2) is 12.8 Å². The van der Waals surface area contributed by atoms with Crippen molar-refractivity contribution >= 4 is 32.3 Å². The van der Waals surface area contributed by atoms with E-state index in [0.717, 1.165) is 18.2 Å². The van der Waals surface area contributed by atoms with Crippen molar-refractivity contribution < 1.29 is 30.7 Å². The average molecular weight is 420 g/mol. The highest BCUT2D eigenvalue weighted by molar-refractivity contribution is 7.92. The summed E-state index contributed by atoms with van der Waals surface area (Å²) < 4.78 is 81.0. The lowest BCUT2D eigenvalue weighted by Crippen LogP contribution is -2.23. The quantitative estimate of drug-likeness (QED) is 0.638. The summed E-state index contributed by atoms with van der Waals surface area (Å²) in [5.41, 5.74) is -6.12. The molecule has 0 saturated heterocycles. The second kappa shape index (κ2) is 6.40. The first-order valence-corrected chi connectivity index (χ1v) is 8.77. The van der Waals surface area contributed by atoms with Crippen LogP contribution in [0.3, 0.4) is 0 Å². The number of H-pyrrole nitrogens is 1. The van der Waals surface area contributed by atoms with Gasteiger partial charge in [-0.15, -0.1) is 0 Å². The van der Waals surface area contributed by atoms with Crippen LogP contribution in [0.1, 0.15) is 5.56 Å². The molecule has 0 amide bonds. The summed E-state index contributed by atoms with van der Waals surface area (Å²) in [5.74, 6) is -1.11. The molecule has 6 nitrogen and oxygen atoms in total. The number of alkyl halides is 3. The highest BCUT2D eigenvalue weighted by atomic mass is 35.5. The molecule has 0 unspecified atom stereocenters. The van der Waals surface area contributed by atoms with Gasteiger partial charge in [0.2, 0.25) is 0 Å². The van der Waals surface area contributed by atoms with Gasteiger partial charge < -0.3 is 4.74 Å². The van der Waals surface area contributed by atoms with E-state index >= 15 is 0 Å². The van der Waals surface area contributed by atoms with Gasteiger partial charge in [0.15, 0.2) is 5.15 Å². The zero-order chi connectivity index (χ0) is 20.0. The highest BCUT2D eigenvalue weighted by Gasteiger charge is 2.48. The van der Waals surface area contributed by atoms with Crippen molar-refractivity contribution in [3.63, 3.8) is 0 Å². The van der Waals surface area contributed by atoms with Crippen LogP contribution >= 0.6 is 11.6 Å².